The Morgan fingerprint density at radius 2 is 1.71 bits per heavy atom. The van der Waals surface area contributed by atoms with Crippen LogP contribution in [0, 0.1) is 0 Å². The summed E-state index contributed by atoms with van der Waals surface area (Å²) in [6.07, 6.45) is 3.24. The van der Waals surface area contributed by atoms with Crippen LogP contribution in [0.1, 0.15) is 54.5 Å². The van der Waals surface area contributed by atoms with E-state index in [1.54, 1.807) is 23.5 Å². The van der Waals surface area contributed by atoms with Crippen molar-refractivity contribution in [2.24, 2.45) is 0 Å². The van der Waals surface area contributed by atoms with Crippen molar-refractivity contribution >= 4 is 11.3 Å². The second-order valence-electron chi connectivity index (χ2n) is 7.80. The number of hydrogen-bond donors (Lipinski definition) is 3. The lowest BCUT2D eigenvalue weighted by atomic mass is 9.97. The van der Waals surface area contributed by atoms with Crippen LogP contribution in [0.4, 0.5) is 0 Å². The van der Waals surface area contributed by atoms with Crippen molar-refractivity contribution in [3.8, 4) is 16.2 Å². The van der Waals surface area contributed by atoms with Crippen molar-refractivity contribution < 1.29 is 20.1 Å². The van der Waals surface area contributed by atoms with Crippen LogP contribution in [0.5, 0.6) is 5.75 Å². The molecule has 1 atom stereocenters. The van der Waals surface area contributed by atoms with E-state index in [1.807, 2.05) is 13.0 Å². The molecule has 1 aromatic heterocycles. The fraction of sp³-hybridized carbons (Fsp3) is 0.385. The molecule has 0 radical (unpaired) electrons. The third-order valence-electron chi connectivity index (χ3n) is 5.63. The lowest BCUT2D eigenvalue weighted by Gasteiger charge is -2.11. The summed E-state index contributed by atoms with van der Waals surface area (Å²) < 4.78 is 5.91. The highest BCUT2D eigenvalue weighted by atomic mass is 32.1. The highest BCUT2D eigenvalue weighted by Gasteiger charge is 2.10. The van der Waals surface area contributed by atoms with Crippen LogP contribution in [0.15, 0.2) is 47.8 Å². The van der Waals surface area contributed by atoms with E-state index in [-0.39, 0.29) is 19.3 Å². The molecule has 3 N–H and O–H groups in total. The molecule has 0 saturated heterocycles. The van der Waals surface area contributed by atoms with Gasteiger partial charge in [0.05, 0.1) is 19.3 Å². The zero-order valence-electron chi connectivity index (χ0n) is 18.3. The monoisotopic (exact) mass is 440 g/mol. The highest BCUT2D eigenvalue weighted by Crippen LogP contribution is 2.32. The molecule has 4 nitrogen and oxygen atoms in total. The maximum absolute atomic E-state index is 9.84. The molecule has 0 amide bonds. The molecule has 5 heteroatoms. The third-order valence-corrected chi connectivity index (χ3v) is 6.64. The fourth-order valence-corrected chi connectivity index (χ4v) is 4.59. The number of aliphatic hydroxyl groups is 3. The van der Waals surface area contributed by atoms with E-state index in [4.69, 9.17) is 4.74 Å². The van der Waals surface area contributed by atoms with Crippen molar-refractivity contribution in [3.05, 3.63) is 75.7 Å². The van der Waals surface area contributed by atoms with Gasteiger partial charge in [-0.05, 0) is 77.1 Å². The topological polar surface area (TPSA) is 69.9 Å². The van der Waals surface area contributed by atoms with Crippen molar-refractivity contribution in [3.63, 3.8) is 0 Å². The lowest BCUT2D eigenvalue weighted by Crippen LogP contribution is -2.05. The molecule has 0 fully saturated rings. The minimum atomic E-state index is -0.224. The number of aryl methyl sites for hydroxylation is 2. The normalized spacial score (nSPS) is 12.2. The van der Waals surface area contributed by atoms with Crippen LogP contribution in [0.25, 0.3) is 10.4 Å². The van der Waals surface area contributed by atoms with Gasteiger partial charge >= 0.3 is 0 Å². The molecule has 0 aliphatic heterocycles. The fourth-order valence-electron chi connectivity index (χ4n) is 3.63. The van der Waals surface area contributed by atoms with Gasteiger partial charge in [0.2, 0.25) is 0 Å². The molecule has 1 unspecified atom stereocenters. The molecular formula is C26H32O4S. The number of thiophene rings is 1. The average Bonchev–Trinajstić information content (AvgIpc) is 3.29. The molecule has 0 saturated carbocycles. The van der Waals surface area contributed by atoms with Gasteiger partial charge in [0.25, 0.3) is 0 Å². The van der Waals surface area contributed by atoms with Gasteiger partial charge in [0.1, 0.15) is 12.4 Å². The second-order valence-corrected chi connectivity index (χ2v) is 8.71. The van der Waals surface area contributed by atoms with Gasteiger partial charge < -0.3 is 20.1 Å². The summed E-state index contributed by atoms with van der Waals surface area (Å²) in [6, 6.07) is 14.2. The molecule has 3 rings (SSSR count). The Kier molecular flexibility index (Phi) is 8.67. The van der Waals surface area contributed by atoms with Crippen molar-refractivity contribution in [1.82, 2.24) is 0 Å². The van der Waals surface area contributed by atoms with E-state index >= 15 is 0 Å². The number of benzene rings is 2. The zero-order chi connectivity index (χ0) is 22.2. The van der Waals surface area contributed by atoms with Crippen LogP contribution in [-0.4, -0.2) is 21.4 Å². The molecule has 2 aromatic carbocycles. The zero-order valence-corrected chi connectivity index (χ0v) is 19.1. The first-order chi connectivity index (χ1) is 15.1. The van der Waals surface area contributed by atoms with Crippen LogP contribution in [-0.2, 0) is 32.7 Å². The van der Waals surface area contributed by atoms with E-state index < -0.39 is 0 Å². The number of ether oxygens (including phenoxy) is 1. The Bertz CT molecular complexity index is 979. The predicted octanol–water partition coefficient (Wildman–Crippen LogP) is 5.24. The average molecular weight is 441 g/mol. The van der Waals surface area contributed by atoms with Crippen molar-refractivity contribution in [2.45, 2.75) is 65.5 Å². The third kappa shape index (κ3) is 6.17. The van der Waals surface area contributed by atoms with Crippen LogP contribution in [0.2, 0.25) is 0 Å². The van der Waals surface area contributed by atoms with Gasteiger partial charge in [-0.15, -0.1) is 11.3 Å². The maximum Gasteiger partial charge on any atom is 0.120 e. The summed E-state index contributed by atoms with van der Waals surface area (Å²) in [7, 11) is 0. The van der Waals surface area contributed by atoms with Crippen LogP contribution < -0.4 is 4.74 Å². The summed E-state index contributed by atoms with van der Waals surface area (Å²) in [5.74, 6) is 0.682. The highest BCUT2D eigenvalue weighted by molar-refractivity contribution is 7.13. The van der Waals surface area contributed by atoms with Crippen molar-refractivity contribution in [2.75, 3.05) is 0 Å². The molecule has 3 aromatic rings. The van der Waals surface area contributed by atoms with E-state index in [0.717, 1.165) is 31.2 Å². The van der Waals surface area contributed by atoms with Gasteiger partial charge in [-0.25, -0.2) is 0 Å². The van der Waals surface area contributed by atoms with Crippen molar-refractivity contribution in [1.29, 1.82) is 0 Å². The largest absolute Gasteiger partial charge is 0.489 e. The Labute approximate surface area is 188 Å². The molecule has 31 heavy (non-hydrogen) atoms. The molecular weight excluding hydrogens is 408 g/mol. The van der Waals surface area contributed by atoms with Gasteiger partial charge in [0.15, 0.2) is 0 Å². The number of hydrogen-bond acceptors (Lipinski definition) is 5. The molecule has 0 aliphatic rings. The van der Waals surface area contributed by atoms with Gasteiger partial charge in [-0.2, -0.15) is 0 Å². The summed E-state index contributed by atoms with van der Waals surface area (Å²) >= 11 is 1.72. The summed E-state index contributed by atoms with van der Waals surface area (Å²) in [5.41, 5.74) is 6.36. The Hall–Kier alpha value is -2.18. The first kappa shape index (κ1) is 23.5. The van der Waals surface area contributed by atoms with E-state index in [2.05, 4.69) is 36.6 Å². The molecule has 1 heterocycles. The predicted molar refractivity (Wildman–Crippen MR) is 126 cm³/mol. The first-order valence-corrected chi connectivity index (χ1v) is 11.8. The Morgan fingerprint density at radius 1 is 0.903 bits per heavy atom. The summed E-state index contributed by atoms with van der Waals surface area (Å²) in [5, 5.41) is 30.7. The van der Waals surface area contributed by atoms with Gasteiger partial charge in [-0.1, -0.05) is 38.1 Å². The summed E-state index contributed by atoms with van der Waals surface area (Å²) in [6.45, 7) is 4.42. The van der Waals surface area contributed by atoms with Gasteiger partial charge in [0, 0.05) is 10.4 Å². The minimum Gasteiger partial charge on any atom is -0.489 e. The van der Waals surface area contributed by atoms with Crippen LogP contribution >= 0.6 is 11.3 Å². The molecule has 0 spiro atoms. The Balaban J connectivity index is 1.68. The Morgan fingerprint density at radius 3 is 2.42 bits per heavy atom. The number of aliphatic hydroxyl groups excluding tert-OH is 3. The quantitative estimate of drug-likeness (QED) is 0.381. The van der Waals surface area contributed by atoms with E-state index in [9.17, 15) is 15.3 Å². The number of rotatable bonds is 11. The molecule has 166 valence electrons. The first-order valence-electron chi connectivity index (χ1n) is 10.9. The smallest absolute Gasteiger partial charge is 0.120 e. The minimum absolute atomic E-state index is 0.0954. The van der Waals surface area contributed by atoms with Crippen LogP contribution in [0.3, 0.4) is 0 Å². The van der Waals surface area contributed by atoms with E-state index in [0.29, 0.717) is 23.5 Å². The SMILES string of the molecule is CCc1cc(CCC(O)CC)ccc1-c1cc(COc2ccc(CO)c(CO)c2)cs1. The lowest BCUT2D eigenvalue weighted by molar-refractivity contribution is 0.160. The standard InChI is InChI=1S/C26H32O4S/c1-3-20-11-18(5-8-23(29)4-2)6-10-25(20)26-12-19(17-31-26)16-30-24-9-7-21(14-27)22(13-24)15-28/h6-7,9-13,17,23,27-29H,3-5,8,14-16H2,1-2H3. The van der Waals surface area contributed by atoms with Gasteiger partial charge in [-0.3, -0.25) is 0 Å². The maximum atomic E-state index is 9.84. The summed E-state index contributed by atoms with van der Waals surface area (Å²) in [4.78, 5) is 1.22. The molecule has 0 aliphatic carbocycles. The molecule has 0 bridgehead atoms. The second kappa shape index (κ2) is 11.4. The van der Waals surface area contributed by atoms with E-state index in [1.165, 1.54) is 21.6 Å².